The molecule has 0 spiro atoms. The predicted octanol–water partition coefficient (Wildman–Crippen LogP) is 3.56. The molecule has 1 heterocycles. The monoisotopic (exact) mass is 255 g/mol. The van der Waals surface area contributed by atoms with Crippen LogP contribution in [-0.4, -0.2) is 11.0 Å². The Bertz CT molecular complexity index is 620. The maximum atomic E-state index is 9.13. The van der Waals surface area contributed by atoms with Gasteiger partial charge >= 0.3 is 0 Å². The third-order valence-electron chi connectivity index (χ3n) is 3.08. The van der Waals surface area contributed by atoms with Gasteiger partial charge in [-0.25, -0.2) is 4.98 Å². The van der Waals surface area contributed by atoms with Crippen molar-refractivity contribution in [1.29, 1.82) is 5.26 Å². The van der Waals surface area contributed by atoms with Gasteiger partial charge in [0.1, 0.15) is 6.07 Å². The summed E-state index contributed by atoms with van der Waals surface area (Å²) < 4.78 is 0. The summed E-state index contributed by atoms with van der Waals surface area (Å²) >= 11 is 1.64. The minimum Gasteiger partial charge on any atom is -0.381 e. The quantitative estimate of drug-likeness (QED) is 0.912. The molecule has 2 aromatic rings. The molecule has 90 valence electrons. The Balaban J connectivity index is 2.01. The highest BCUT2D eigenvalue weighted by Crippen LogP contribution is 2.33. The van der Waals surface area contributed by atoms with E-state index in [-0.39, 0.29) is 0 Å². The van der Waals surface area contributed by atoms with Crippen LogP contribution in [0.4, 0.5) is 5.69 Å². The summed E-state index contributed by atoms with van der Waals surface area (Å²) in [5.41, 5.74) is 5.70. The molecule has 3 rings (SSSR count). The lowest BCUT2D eigenvalue weighted by molar-refractivity contribution is 1.15. The van der Waals surface area contributed by atoms with E-state index in [9.17, 15) is 0 Å². The van der Waals surface area contributed by atoms with Crippen LogP contribution in [0.1, 0.15) is 24.1 Å². The van der Waals surface area contributed by atoms with Gasteiger partial charge in [-0.2, -0.15) is 5.26 Å². The van der Waals surface area contributed by atoms with Crippen LogP contribution >= 0.6 is 11.3 Å². The number of nitriles is 1. The fourth-order valence-corrected chi connectivity index (χ4v) is 2.73. The minimum atomic E-state index is 0.551. The summed E-state index contributed by atoms with van der Waals surface area (Å²) in [4.78, 5) is 5.45. The molecule has 1 aliphatic carbocycles. The number of nitrogens with zero attached hydrogens (tertiary/aromatic N) is 2. The van der Waals surface area contributed by atoms with E-state index in [1.807, 2.05) is 24.6 Å². The first-order valence-electron chi connectivity index (χ1n) is 5.99. The molecular weight excluding hydrogens is 242 g/mol. The Morgan fingerprint density at radius 2 is 2.28 bits per heavy atom. The third kappa shape index (κ3) is 2.09. The number of thiazole rings is 1. The first kappa shape index (κ1) is 11.2. The van der Waals surface area contributed by atoms with Gasteiger partial charge in [-0.05, 0) is 37.5 Å². The van der Waals surface area contributed by atoms with Crippen LogP contribution in [0.2, 0.25) is 0 Å². The summed E-state index contributed by atoms with van der Waals surface area (Å²) in [5.74, 6) is 0. The zero-order valence-corrected chi connectivity index (χ0v) is 10.9. The first-order chi connectivity index (χ1) is 8.78. The van der Waals surface area contributed by atoms with Gasteiger partial charge in [-0.3, -0.25) is 0 Å². The molecule has 1 aliphatic rings. The van der Waals surface area contributed by atoms with Gasteiger partial charge < -0.3 is 5.32 Å². The molecule has 1 aromatic heterocycles. The maximum Gasteiger partial charge on any atom is 0.101 e. The van der Waals surface area contributed by atoms with Crippen LogP contribution in [-0.2, 0) is 0 Å². The molecule has 0 atom stereocenters. The van der Waals surface area contributed by atoms with Crippen LogP contribution in [0.5, 0.6) is 0 Å². The Kier molecular flexibility index (Phi) is 2.77. The van der Waals surface area contributed by atoms with Gasteiger partial charge in [-0.15, -0.1) is 11.3 Å². The van der Waals surface area contributed by atoms with E-state index in [1.54, 1.807) is 11.3 Å². The normalized spacial score (nSPS) is 14.2. The van der Waals surface area contributed by atoms with E-state index in [1.165, 1.54) is 17.7 Å². The number of benzene rings is 1. The van der Waals surface area contributed by atoms with Crippen molar-refractivity contribution in [1.82, 2.24) is 4.98 Å². The molecular formula is C14H13N3S. The summed E-state index contributed by atoms with van der Waals surface area (Å²) in [7, 11) is 0. The average molecular weight is 255 g/mol. The Labute approximate surface area is 110 Å². The Morgan fingerprint density at radius 1 is 1.44 bits per heavy atom. The average Bonchev–Trinajstić information content (AvgIpc) is 3.09. The molecule has 18 heavy (non-hydrogen) atoms. The first-order valence-corrected chi connectivity index (χ1v) is 6.87. The van der Waals surface area contributed by atoms with Crippen LogP contribution in [0.3, 0.4) is 0 Å². The second kappa shape index (κ2) is 4.43. The van der Waals surface area contributed by atoms with Crippen molar-refractivity contribution >= 4 is 17.0 Å². The molecule has 1 aromatic carbocycles. The summed E-state index contributed by atoms with van der Waals surface area (Å²) in [6.45, 7) is 2.01. The van der Waals surface area contributed by atoms with Gasteiger partial charge in [0.2, 0.25) is 0 Å². The number of nitrogens with one attached hydrogen (secondary N) is 1. The lowest BCUT2D eigenvalue weighted by Gasteiger charge is -2.09. The predicted molar refractivity (Wildman–Crippen MR) is 73.6 cm³/mol. The second-order valence-electron chi connectivity index (χ2n) is 4.56. The molecule has 3 nitrogen and oxygen atoms in total. The summed E-state index contributed by atoms with van der Waals surface area (Å²) in [6, 6.07) is 8.74. The lowest BCUT2D eigenvalue weighted by Crippen LogP contribution is -2.02. The van der Waals surface area contributed by atoms with E-state index in [2.05, 4.69) is 22.4 Å². The lowest BCUT2D eigenvalue weighted by atomic mass is 10.1. The topological polar surface area (TPSA) is 48.7 Å². The van der Waals surface area contributed by atoms with Crippen LogP contribution < -0.4 is 5.32 Å². The van der Waals surface area contributed by atoms with Crippen LogP contribution in [0, 0.1) is 18.3 Å². The zero-order valence-electron chi connectivity index (χ0n) is 10.1. The van der Waals surface area contributed by atoms with E-state index < -0.39 is 0 Å². The highest BCUT2D eigenvalue weighted by molar-refractivity contribution is 7.13. The van der Waals surface area contributed by atoms with E-state index in [0.717, 1.165) is 16.9 Å². The molecule has 0 radical (unpaired) electrons. The van der Waals surface area contributed by atoms with Crippen molar-refractivity contribution in [2.75, 3.05) is 5.32 Å². The highest BCUT2D eigenvalue weighted by atomic mass is 32.1. The van der Waals surface area contributed by atoms with Gasteiger partial charge in [0.25, 0.3) is 0 Å². The van der Waals surface area contributed by atoms with Crippen molar-refractivity contribution in [3.05, 3.63) is 35.0 Å². The molecule has 0 bridgehead atoms. The molecule has 0 amide bonds. The fourth-order valence-electron chi connectivity index (χ4n) is 1.93. The van der Waals surface area contributed by atoms with Crippen LogP contribution in [0.25, 0.3) is 10.4 Å². The van der Waals surface area contributed by atoms with Crippen molar-refractivity contribution in [3.63, 3.8) is 0 Å². The highest BCUT2D eigenvalue weighted by Gasteiger charge is 2.22. The number of hydrogen-bond acceptors (Lipinski definition) is 4. The standard InChI is InChI=1S/C14H13N3S/c1-9-14(18-8-16-9)10-2-3-11(7-15)13(6-10)17-12-4-5-12/h2-3,6,8,12,17H,4-5H2,1H3. The Morgan fingerprint density at radius 3 is 2.89 bits per heavy atom. The number of hydrogen-bond donors (Lipinski definition) is 1. The smallest absolute Gasteiger partial charge is 0.101 e. The van der Waals surface area contributed by atoms with Crippen molar-refractivity contribution < 1.29 is 0 Å². The van der Waals surface area contributed by atoms with Crippen LogP contribution in [0.15, 0.2) is 23.7 Å². The van der Waals surface area contributed by atoms with Crippen molar-refractivity contribution in [2.24, 2.45) is 0 Å². The molecule has 0 aliphatic heterocycles. The summed E-state index contributed by atoms with van der Waals surface area (Å²) in [5, 5.41) is 12.5. The van der Waals surface area contributed by atoms with Gasteiger partial charge in [0.05, 0.1) is 27.3 Å². The minimum absolute atomic E-state index is 0.551. The Hall–Kier alpha value is -1.86. The molecule has 0 unspecified atom stereocenters. The number of anilines is 1. The molecule has 1 N–H and O–H groups in total. The second-order valence-corrected chi connectivity index (χ2v) is 5.41. The molecule has 0 saturated heterocycles. The van der Waals surface area contributed by atoms with E-state index in [0.29, 0.717) is 11.6 Å². The molecule has 1 saturated carbocycles. The van der Waals surface area contributed by atoms with E-state index in [4.69, 9.17) is 5.26 Å². The van der Waals surface area contributed by atoms with Crippen molar-refractivity contribution in [2.45, 2.75) is 25.8 Å². The fraction of sp³-hybridized carbons (Fsp3) is 0.286. The third-order valence-corrected chi connectivity index (χ3v) is 4.06. The van der Waals surface area contributed by atoms with Gasteiger partial charge in [0.15, 0.2) is 0 Å². The van der Waals surface area contributed by atoms with Crippen molar-refractivity contribution in [3.8, 4) is 16.5 Å². The largest absolute Gasteiger partial charge is 0.381 e. The number of aryl methyl sites for hydroxylation is 1. The maximum absolute atomic E-state index is 9.13. The number of rotatable bonds is 3. The van der Waals surface area contributed by atoms with Gasteiger partial charge in [0, 0.05) is 6.04 Å². The summed E-state index contributed by atoms with van der Waals surface area (Å²) in [6.07, 6.45) is 2.41. The van der Waals surface area contributed by atoms with Gasteiger partial charge in [-0.1, -0.05) is 6.07 Å². The van der Waals surface area contributed by atoms with E-state index >= 15 is 0 Å². The zero-order chi connectivity index (χ0) is 12.5. The molecule has 4 heteroatoms. The SMILES string of the molecule is Cc1ncsc1-c1ccc(C#N)c(NC2CC2)c1. The molecule has 1 fully saturated rings. The number of aromatic nitrogens is 1.